The Labute approximate surface area is 162 Å². The summed E-state index contributed by atoms with van der Waals surface area (Å²) in [6.07, 6.45) is 0.497. The third-order valence-corrected chi connectivity index (χ3v) is 4.14. The quantitative estimate of drug-likeness (QED) is 0.340. The molecule has 0 heterocycles. The lowest BCUT2D eigenvalue weighted by Crippen LogP contribution is -2.07. The lowest BCUT2D eigenvalue weighted by molar-refractivity contribution is -0.135. The van der Waals surface area contributed by atoms with E-state index in [0.29, 0.717) is 12.0 Å². The number of hydrogen-bond acceptors (Lipinski definition) is 3. The maximum Gasteiger partial charge on any atom is 0.338 e. The molecule has 0 saturated heterocycles. The van der Waals surface area contributed by atoms with Crippen LogP contribution in [0.5, 0.6) is 5.75 Å². The summed E-state index contributed by atoms with van der Waals surface area (Å²) in [5, 5.41) is 0. The van der Waals surface area contributed by atoms with Crippen molar-refractivity contribution in [3.05, 3.63) is 77.0 Å². The van der Waals surface area contributed by atoms with Crippen LogP contribution in [0.15, 0.2) is 54.0 Å². The second kappa shape index (κ2) is 8.78. The molecule has 2 rings (SSSR count). The maximum atomic E-state index is 14.5. The fraction of sp³-hybridized carbons (Fsp3) is 0.227. The number of allylic oxidation sites excluding steroid dienone is 2. The second-order valence-electron chi connectivity index (χ2n) is 6.28. The van der Waals surface area contributed by atoms with Gasteiger partial charge in [0.05, 0.1) is 0 Å². The molecule has 0 atom stereocenters. The summed E-state index contributed by atoms with van der Waals surface area (Å²) in [5.74, 6) is -3.72. The highest BCUT2D eigenvalue weighted by Gasteiger charge is 2.18. The summed E-state index contributed by atoms with van der Waals surface area (Å²) in [6.45, 7) is 9.65. The lowest BCUT2D eigenvalue weighted by atomic mass is 10.0. The summed E-state index contributed by atoms with van der Waals surface area (Å²) >= 11 is 0. The molecule has 0 aliphatic carbocycles. The van der Waals surface area contributed by atoms with Crippen molar-refractivity contribution in [1.29, 1.82) is 0 Å². The Hall–Kier alpha value is -3.02. The molecule has 3 nitrogen and oxygen atoms in total. The zero-order valence-electron chi connectivity index (χ0n) is 16.2. The molecule has 6 heteroatoms. The highest BCUT2D eigenvalue weighted by molar-refractivity contribution is 5.87. The Bertz CT molecular complexity index is 962. The number of carbonyl (C=O) groups is 1. The Morgan fingerprint density at radius 1 is 1.00 bits per heavy atom. The molecule has 0 bridgehead atoms. The summed E-state index contributed by atoms with van der Waals surface area (Å²) < 4.78 is 53.3. The topological polar surface area (TPSA) is 35.5 Å². The first kappa shape index (κ1) is 21.3. The predicted molar refractivity (Wildman–Crippen MR) is 101 cm³/mol. The molecule has 0 spiro atoms. The van der Waals surface area contributed by atoms with E-state index >= 15 is 0 Å². The number of esters is 1. The fourth-order valence-corrected chi connectivity index (χ4v) is 2.37. The van der Waals surface area contributed by atoms with Crippen LogP contribution in [0, 0.1) is 17.5 Å². The van der Waals surface area contributed by atoms with E-state index < -0.39 is 23.4 Å². The van der Waals surface area contributed by atoms with Gasteiger partial charge in [0, 0.05) is 11.1 Å². The van der Waals surface area contributed by atoms with Crippen LogP contribution in [0.3, 0.4) is 0 Å². The maximum absolute atomic E-state index is 14.5. The van der Waals surface area contributed by atoms with Gasteiger partial charge in [-0.05, 0) is 56.5 Å². The number of benzene rings is 2. The van der Waals surface area contributed by atoms with Crippen molar-refractivity contribution in [2.75, 3.05) is 0 Å². The predicted octanol–water partition coefficient (Wildman–Crippen LogP) is 6.08. The van der Waals surface area contributed by atoms with Crippen molar-refractivity contribution in [1.82, 2.24) is 0 Å². The van der Waals surface area contributed by atoms with Crippen LogP contribution in [0.1, 0.15) is 33.3 Å². The number of rotatable bonds is 6. The van der Waals surface area contributed by atoms with Gasteiger partial charge in [0.1, 0.15) is 17.3 Å². The highest BCUT2D eigenvalue weighted by atomic mass is 19.2. The first-order valence-corrected chi connectivity index (χ1v) is 8.65. The molecule has 2 aromatic carbocycles. The van der Waals surface area contributed by atoms with Gasteiger partial charge in [-0.25, -0.2) is 13.6 Å². The zero-order valence-corrected chi connectivity index (χ0v) is 16.2. The SMILES string of the molecule is C=C(C)C(=O)O/C(C)=C(\C)Oc1ccc(-c2ccc(CC)c(F)c2)c(F)c1F. The molecule has 0 N–H and O–H groups in total. The minimum absolute atomic E-state index is 0.0824. The summed E-state index contributed by atoms with van der Waals surface area (Å²) in [7, 11) is 0. The second-order valence-corrected chi connectivity index (χ2v) is 6.28. The molecule has 0 unspecified atom stereocenters. The average Bonchev–Trinajstić information content (AvgIpc) is 2.65. The smallest absolute Gasteiger partial charge is 0.338 e. The highest BCUT2D eigenvalue weighted by Crippen LogP contribution is 2.32. The number of aryl methyl sites for hydroxylation is 1. The first-order chi connectivity index (χ1) is 13.1. The van der Waals surface area contributed by atoms with Crippen molar-refractivity contribution >= 4 is 5.97 Å². The average molecular weight is 390 g/mol. The van der Waals surface area contributed by atoms with Crippen LogP contribution in [-0.2, 0) is 16.0 Å². The van der Waals surface area contributed by atoms with Crippen molar-refractivity contribution < 1.29 is 27.4 Å². The van der Waals surface area contributed by atoms with Crippen molar-refractivity contribution in [3.63, 3.8) is 0 Å². The molecule has 0 fully saturated rings. The number of ether oxygens (including phenoxy) is 2. The third-order valence-electron chi connectivity index (χ3n) is 4.14. The van der Waals surface area contributed by atoms with Gasteiger partial charge in [-0.2, -0.15) is 4.39 Å². The van der Waals surface area contributed by atoms with Gasteiger partial charge < -0.3 is 9.47 Å². The summed E-state index contributed by atoms with van der Waals surface area (Å²) in [6, 6.07) is 6.78. The molecule has 28 heavy (non-hydrogen) atoms. The van der Waals surface area contributed by atoms with Gasteiger partial charge in [0.15, 0.2) is 11.6 Å². The molecule has 2 aromatic rings. The van der Waals surface area contributed by atoms with E-state index in [1.807, 2.05) is 0 Å². The summed E-state index contributed by atoms with van der Waals surface area (Å²) in [4.78, 5) is 11.5. The van der Waals surface area contributed by atoms with Crippen molar-refractivity contribution in [2.45, 2.75) is 34.1 Å². The van der Waals surface area contributed by atoms with E-state index in [1.54, 1.807) is 13.0 Å². The Balaban J connectivity index is 2.32. The van der Waals surface area contributed by atoms with Crippen molar-refractivity contribution in [2.24, 2.45) is 0 Å². The number of hydrogen-bond donors (Lipinski definition) is 0. The Kier molecular flexibility index (Phi) is 6.67. The number of carbonyl (C=O) groups excluding carboxylic acids is 1. The summed E-state index contributed by atoms with van der Waals surface area (Å²) in [5.41, 5.74) is 0.815. The monoisotopic (exact) mass is 390 g/mol. The van der Waals surface area contributed by atoms with Gasteiger partial charge in [-0.3, -0.25) is 0 Å². The molecule has 0 aliphatic heterocycles. The van der Waals surface area contributed by atoms with Crippen LogP contribution in [-0.4, -0.2) is 5.97 Å². The molecule has 0 saturated carbocycles. The fourth-order valence-electron chi connectivity index (χ4n) is 2.37. The van der Waals surface area contributed by atoms with Crippen LogP contribution in [0.4, 0.5) is 13.2 Å². The van der Waals surface area contributed by atoms with Crippen LogP contribution in [0.2, 0.25) is 0 Å². The van der Waals surface area contributed by atoms with E-state index in [0.717, 1.165) is 0 Å². The van der Waals surface area contributed by atoms with Gasteiger partial charge in [0.2, 0.25) is 5.82 Å². The molecule has 0 aliphatic rings. The molecule has 148 valence electrons. The van der Waals surface area contributed by atoms with Gasteiger partial charge >= 0.3 is 5.97 Å². The molecule has 0 radical (unpaired) electrons. The van der Waals surface area contributed by atoms with E-state index in [4.69, 9.17) is 9.47 Å². The molecule has 0 amide bonds. The van der Waals surface area contributed by atoms with Gasteiger partial charge in [0.25, 0.3) is 0 Å². The van der Waals surface area contributed by atoms with E-state index in [-0.39, 0.29) is 34.0 Å². The largest absolute Gasteiger partial charge is 0.455 e. The van der Waals surface area contributed by atoms with E-state index in [9.17, 15) is 18.0 Å². The minimum atomic E-state index is -1.23. The Morgan fingerprint density at radius 2 is 1.68 bits per heavy atom. The zero-order chi connectivity index (χ0) is 21.0. The van der Waals surface area contributed by atoms with Crippen LogP contribution >= 0.6 is 0 Å². The third kappa shape index (κ3) is 4.63. The first-order valence-electron chi connectivity index (χ1n) is 8.65. The van der Waals surface area contributed by atoms with Crippen LogP contribution < -0.4 is 4.74 Å². The molecule has 0 aromatic heterocycles. The van der Waals surface area contributed by atoms with Crippen molar-refractivity contribution in [3.8, 4) is 16.9 Å². The molecular weight excluding hydrogens is 369 g/mol. The minimum Gasteiger partial charge on any atom is -0.455 e. The van der Waals surface area contributed by atoms with E-state index in [2.05, 4.69) is 6.58 Å². The molecular formula is C22H21F3O3. The van der Waals surface area contributed by atoms with Gasteiger partial charge in [-0.15, -0.1) is 0 Å². The van der Waals surface area contributed by atoms with Gasteiger partial charge in [-0.1, -0.05) is 25.6 Å². The standard InChI is InChI=1S/C22H21F3O3/c1-6-15-7-8-16(11-18(15)23)17-9-10-19(21(25)20(17)24)27-13(4)14(5)28-22(26)12(2)3/h7-11H,2,6H2,1,3-5H3/b14-13+. The normalized spacial score (nSPS) is 11.7. The lowest BCUT2D eigenvalue weighted by Gasteiger charge is -2.13. The number of halogens is 3. The van der Waals surface area contributed by atoms with E-state index in [1.165, 1.54) is 45.0 Å². The Morgan fingerprint density at radius 3 is 2.25 bits per heavy atom. The van der Waals surface area contributed by atoms with Crippen LogP contribution in [0.25, 0.3) is 11.1 Å².